The summed E-state index contributed by atoms with van der Waals surface area (Å²) in [7, 11) is 0. The molecule has 6 heteroatoms. The van der Waals surface area contributed by atoms with Crippen molar-refractivity contribution in [3.63, 3.8) is 0 Å². The van der Waals surface area contributed by atoms with E-state index in [-0.39, 0.29) is 11.6 Å². The summed E-state index contributed by atoms with van der Waals surface area (Å²) in [6, 6.07) is 86.6. The van der Waals surface area contributed by atoms with Gasteiger partial charge in [0, 0.05) is 66.7 Å². The van der Waals surface area contributed by atoms with Gasteiger partial charge in [-0.3, -0.25) is 0 Å². The quantitative estimate of drug-likeness (QED) is 0.143. The standard InChI is InChI=1S/C64H42F2N4/c65-44-25-31-49(32-26-44)69-60-21-11-9-19-56(60)58-41-51(35-38-63(58)69)67(46-13-3-1-4-14-46)48-29-23-43(24-30-48)53-37-40-62(55-18-8-7-17-54(53)55)68(47-15-5-2-6-16-47)52-36-39-64-59(42-52)57-20-10-12-22-61(57)70(64)50-33-27-45(66)28-34-50/h1-42H. The summed E-state index contributed by atoms with van der Waals surface area (Å²) in [4.78, 5) is 4.66. The number of hydrogen-bond donors (Lipinski definition) is 0. The summed E-state index contributed by atoms with van der Waals surface area (Å²) < 4.78 is 32.6. The number of nitrogens with zero attached hydrogens (tertiary/aromatic N) is 4. The zero-order valence-electron chi connectivity index (χ0n) is 37.8. The van der Waals surface area contributed by atoms with Crippen LogP contribution >= 0.6 is 0 Å². The normalized spacial score (nSPS) is 11.6. The van der Waals surface area contributed by atoms with Crippen LogP contribution in [0.1, 0.15) is 0 Å². The summed E-state index contributed by atoms with van der Waals surface area (Å²) in [5.41, 5.74) is 14.5. The number of para-hydroxylation sites is 4. The van der Waals surface area contributed by atoms with Crippen LogP contribution < -0.4 is 9.80 Å². The molecule has 0 N–H and O–H groups in total. The van der Waals surface area contributed by atoms with Gasteiger partial charge in [-0.2, -0.15) is 0 Å². The Labute approximate surface area is 403 Å². The smallest absolute Gasteiger partial charge is 0.123 e. The maximum atomic E-state index is 14.1. The molecule has 0 aliphatic heterocycles. The molecule has 0 unspecified atom stereocenters. The van der Waals surface area contributed by atoms with Crippen molar-refractivity contribution in [2.24, 2.45) is 0 Å². The lowest BCUT2D eigenvalue weighted by molar-refractivity contribution is 0.627. The topological polar surface area (TPSA) is 16.3 Å². The molecule has 332 valence electrons. The molecule has 13 rings (SSSR count). The van der Waals surface area contributed by atoms with E-state index in [4.69, 9.17) is 0 Å². The lowest BCUT2D eigenvalue weighted by Gasteiger charge is -2.28. The van der Waals surface area contributed by atoms with E-state index < -0.39 is 0 Å². The Balaban J connectivity index is 0.911. The van der Waals surface area contributed by atoms with Crippen molar-refractivity contribution in [1.29, 1.82) is 0 Å². The first-order valence-electron chi connectivity index (χ1n) is 23.5. The molecule has 0 bridgehead atoms. The maximum absolute atomic E-state index is 14.1. The number of hydrogen-bond acceptors (Lipinski definition) is 2. The van der Waals surface area contributed by atoms with Gasteiger partial charge in [0.15, 0.2) is 0 Å². The summed E-state index contributed by atoms with van der Waals surface area (Å²) in [5, 5.41) is 6.75. The van der Waals surface area contributed by atoms with Crippen molar-refractivity contribution >= 4 is 88.5 Å². The average Bonchev–Trinajstić information content (AvgIpc) is 3.92. The van der Waals surface area contributed by atoms with Crippen LogP contribution in [0.5, 0.6) is 0 Å². The SMILES string of the molecule is Fc1ccc(-n2c3ccccc3c3cc(N(c4ccccc4)c4ccc(-c5ccc(N(c6ccccc6)c6ccc7c(c6)c6ccccc6n7-c6ccc(F)cc6)c6ccccc56)cc4)ccc32)cc1. The molecule has 0 aliphatic carbocycles. The number of benzene rings is 11. The van der Waals surface area contributed by atoms with Crippen molar-refractivity contribution in [2.45, 2.75) is 0 Å². The molecule has 0 amide bonds. The number of aromatic nitrogens is 2. The van der Waals surface area contributed by atoms with E-state index in [2.05, 4.69) is 219 Å². The molecule has 0 fully saturated rings. The van der Waals surface area contributed by atoms with Gasteiger partial charge in [-0.25, -0.2) is 8.78 Å². The van der Waals surface area contributed by atoms with Crippen LogP contribution in [0.2, 0.25) is 0 Å². The molecule has 70 heavy (non-hydrogen) atoms. The molecule has 0 spiro atoms. The van der Waals surface area contributed by atoms with Crippen LogP contribution in [0.25, 0.3) is 76.9 Å². The number of anilines is 6. The number of fused-ring (bicyclic) bond motifs is 7. The van der Waals surface area contributed by atoms with Crippen molar-refractivity contribution in [3.05, 3.63) is 266 Å². The molecule has 2 heterocycles. The van der Waals surface area contributed by atoms with Crippen LogP contribution in [0.4, 0.5) is 42.9 Å². The highest BCUT2D eigenvalue weighted by molar-refractivity contribution is 6.13. The van der Waals surface area contributed by atoms with Gasteiger partial charge >= 0.3 is 0 Å². The lowest BCUT2D eigenvalue weighted by atomic mass is 9.96. The second-order valence-electron chi connectivity index (χ2n) is 17.6. The van der Waals surface area contributed by atoms with E-state index in [0.29, 0.717) is 0 Å². The fourth-order valence-electron chi connectivity index (χ4n) is 10.5. The Bertz CT molecular complexity index is 4070. The van der Waals surface area contributed by atoms with Crippen LogP contribution in [0, 0.1) is 11.6 Å². The Morgan fingerprint density at radius 1 is 0.271 bits per heavy atom. The largest absolute Gasteiger partial charge is 0.310 e. The predicted octanol–water partition coefficient (Wildman–Crippen LogP) is 17.9. The zero-order valence-corrected chi connectivity index (χ0v) is 37.8. The van der Waals surface area contributed by atoms with E-state index in [1.165, 1.54) is 24.3 Å². The van der Waals surface area contributed by atoms with E-state index in [1.54, 1.807) is 0 Å². The second kappa shape index (κ2) is 16.8. The van der Waals surface area contributed by atoms with Crippen LogP contribution in [0.15, 0.2) is 255 Å². The Kier molecular flexibility index (Phi) is 9.84. The van der Waals surface area contributed by atoms with Gasteiger partial charge < -0.3 is 18.9 Å². The zero-order chi connectivity index (χ0) is 46.7. The first-order valence-corrected chi connectivity index (χ1v) is 23.5. The van der Waals surface area contributed by atoms with Gasteiger partial charge in [0.2, 0.25) is 0 Å². The molecule has 0 atom stereocenters. The molecule has 0 aliphatic rings. The highest BCUT2D eigenvalue weighted by atomic mass is 19.1. The van der Waals surface area contributed by atoms with Gasteiger partial charge in [0.25, 0.3) is 0 Å². The molecule has 11 aromatic carbocycles. The monoisotopic (exact) mass is 904 g/mol. The first kappa shape index (κ1) is 41.0. The van der Waals surface area contributed by atoms with Crippen LogP contribution in [-0.4, -0.2) is 9.13 Å². The summed E-state index contributed by atoms with van der Waals surface area (Å²) in [6.45, 7) is 0. The van der Waals surface area contributed by atoms with Crippen LogP contribution in [-0.2, 0) is 0 Å². The molecular weight excluding hydrogens is 863 g/mol. The fourth-order valence-corrected chi connectivity index (χ4v) is 10.5. The predicted molar refractivity (Wildman–Crippen MR) is 287 cm³/mol. The highest BCUT2D eigenvalue weighted by Gasteiger charge is 2.22. The Hall–Kier alpha value is -9.26. The lowest BCUT2D eigenvalue weighted by Crippen LogP contribution is -2.10. The molecule has 0 radical (unpaired) electrons. The van der Waals surface area contributed by atoms with Crippen molar-refractivity contribution in [3.8, 4) is 22.5 Å². The summed E-state index contributed by atoms with van der Waals surface area (Å²) in [6.07, 6.45) is 0. The highest BCUT2D eigenvalue weighted by Crippen LogP contribution is 2.45. The molecule has 0 saturated carbocycles. The van der Waals surface area contributed by atoms with Crippen LogP contribution in [0.3, 0.4) is 0 Å². The van der Waals surface area contributed by atoms with Crippen molar-refractivity contribution in [1.82, 2.24) is 9.13 Å². The van der Waals surface area contributed by atoms with Gasteiger partial charge in [-0.15, -0.1) is 0 Å². The van der Waals surface area contributed by atoms with E-state index in [1.807, 2.05) is 30.3 Å². The van der Waals surface area contributed by atoms with Crippen molar-refractivity contribution in [2.75, 3.05) is 9.80 Å². The van der Waals surface area contributed by atoms with Crippen molar-refractivity contribution < 1.29 is 8.78 Å². The minimum absolute atomic E-state index is 0.257. The third-order valence-corrected chi connectivity index (χ3v) is 13.6. The minimum Gasteiger partial charge on any atom is -0.310 e. The molecule has 0 saturated heterocycles. The van der Waals surface area contributed by atoms with Gasteiger partial charge in [-0.1, -0.05) is 115 Å². The Morgan fingerprint density at radius 3 is 1.20 bits per heavy atom. The molecule has 13 aromatic rings. The minimum atomic E-state index is -0.258. The number of halogens is 2. The third-order valence-electron chi connectivity index (χ3n) is 13.6. The summed E-state index contributed by atoms with van der Waals surface area (Å²) in [5.74, 6) is -0.515. The van der Waals surface area contributed by atoms with E-state index >= 15 is 0 Å². The van der Waals surface area contributed by atoms with E-state index in [9.17, 15) is 8.78 Å². The maximum Gasteiger partial charge on any atom is 0.123 e. The van der Waals surface area contributed by atoms with Gasteiger partial charge in [-0.05, 0) is 156 Å². The first-order chi connectivity index (χ1) is 34.6. The van der Waals surface area contributed by atoms with Gasteiger partial charge in [0.1, 0.15) is 11.6 Å². The molecule has 4 nitrogen and oxygen atoms in total. The van der Waals surface area contributed by atoms with E-state index in [0.717, 1.165) is 111 Å². The second-order valence-corrected chi connectivity index (χ2v) is 17.6. The summed E-state index contributed by atoms with van der Waals surface area (Å²) >= 11 is 0. The number of rotatable bonds is 9. The molecular formula is C64H42F2N4. The van der Waals surface area contributed by atoms with Gasteiger partial charge in [0.05, 0.1) is 27.8 Å². The average molecular weight is 905 g/mol. The molecule has 2 aromatic heterocycles. The fraction of sp³-hybridized carbons (Fsp3) is 0. The Morgan fingerprint density at radius 2 is 0.671 bits per heavy atom. The third kappa shape index (κ3) is 6.88.